The summed E-state index contributed by atoms with van der Waals surface area (Å²) < 4.78 is 5.35. The van der Waals surface area contributed by atoms with Crippen molar-refractivity contribution >= 4 is 11.6 Å². The van der Waals surface area contributed by atoms with Crippen LogP contribution in [-0.2, 0) is 6.54 Å². The van der Waals surface area contributed by atoms with Crippen molar-refractivity contribution in [1.82, 2.24) is 15.8 Å². The molecule has 0 aliphatic heterocycles. The second kappa shape index (κ2) is 11.3. The molecule has 0 spiro atoms. The quantitative estimate of drug-likeness (QED) is 0.378. The molecule has 1 aromatic heterocycles. The topological polar surface area (TPSA) is 65.7 Å². The summed E-state index contributed by atoms with van der Waals surface area (Å²) in [4.78, 5) is 6.87. The molecule has 2 N–H and O–H groups in total. The molecular weight excluding hydrogens is 338 g/mol. The molecule has 0 saturated heterocycles. The van der Waals surface area contributed by atoms with E-state index in [0.717, 1.165) is 49.9 Å². The van der Waals surface area contributed by atoms with Crippen LogP contribution >= 0.6 is 0 Å². The third kappa shape index (κ3) is 7.33. The Labute approximate surface area is 163 Å². The number of hydrogen-bond donors (Lipinski definition) is 2. The van der Waals surface area contributed by atoms with E-state index in [0.29, 0.717) is 12.5 Å². The van der Waals surface area contributed by atoms with Crippen molar-refractivity contribution < 1.29 is 4.52 Å². The number of anilines is 1. The van der Waals surface area contributed by atoms with E-state index >= 15 is 0 Å². The number of nitrogens with one attached hydrogen (secondary N) is 2. The zero-order chi connectivity index (χ0) is 19.5. The fraction of sp³-hybridized carbons (Fsp3) is 0.524. The summed E-state index contributed by atoms with van der Waals surface area (Å²) in [7, 11) is 2.14. The van der Waals surface area contributed by atoms with Gasteiger partial charge in [0.15, 0.2) is 11.7 Å². The van der Waals surface area contributed by atoms with Gasteiger partial charge in [0.2, 0.25) is 0 Å². The van der Waals surface area contributed by atoms with Crippen LogP contribution in [0.5, 0.6) is 0 Å². The molecule has 0 fully saturated rings. The zero-order valence-corrected chi connectivity index (χ0v) is 17.0. The molecular formula is C21H33N5O. The van der Waals surface area contributed by atoms with Gasteiger partial charge < -0.3 is 20.1 Å². The number of nitrogens with zero attached hydrogens (tertiary/aromatic N) is 3. The van der Waals surface area contributed by atoms with Gasteiger partial charge in [-0.1, -0.05) is 37.2 Å². The Balaban J connectivity index is 1.71. The van der Waals surface area contributed by atoms with Crippen LogP contribution in [0, 0.1) is 0 Å². The molecule has 0 radical (unpaired) electrons. The molecule has 148 valence electrons. The van der Waals surface area contributed by atoms with Gasteiger partial charge in [0.25, 0.3) is 0 Å². The number of unbranched alkanes of at least 4 members (excludes halogenated alkanes) is 1. The summed E-state index contributed by atoms with van der Waals surface area (Å²) in [6.45, 7) is 9.52. The first-order valence-electron chi connectivity index (χ1n) is 9.84. The van der Waals surface area contributed by atoms with E-state index in [1.54, 1.807) is 0 Å². The maximum atomic E-state index is 5.35. The summed E-state index contributed by atoms with van der Waals surface area (Å²) in [6.07, 6.45) is 2.21. The second-order valence-corrected chi connectivity index (χ2v) is 6.96. The molecule has 0 unspecified atom stereocenters. The Morgan fingerprint density at radius 1 is 1.19 bits per heavy atom. The molecule has 0 amide bonds. The van der Waals surface area contributed by atoms with E-state index in [4.69, 9.17) is 4.52 Å². The Kier molecular flexibility index (Phi) is 8.68. The third-order valence-electron chi connectivity index (χ3n) is 4.32. The first kappa shape index (κ1) is 20.8. The van der Waals surface area contributed by atoms with E-state index < -0.39 is 0 Å². The van der Waals surface area contributed by atoms with Crippen LogP contribution in [0.2, 0.25) is 0 Å². The predicted octanol–water partition coefficient (Wildman–Crippen LogP) is 3.77. The standard InChI is InChI=1S/C21H33N5O/c1-5-22-21(24-16-19-15-20(17(2)3)25-27-19)23-13-9-10-14-26(4)18-11-7-6-8-12-18/h6-8,11-12,15,17H,5,9-10,13-14,16H2,1-4H3,(H2,22,23,24). The van der Waals surface area contributed by atoms with Crippen molar-refractivity contribution in [2.24, 2.45) is 4.99 Å². The molecule has 0 bridgehead atoms. The minimum absolute atomic E-state index is 0.367. The summed E-state index contributed by atoms with van der Waals surface area (Å²) >= 11 is 0. The van der Waals surface area contributed by atoms with Gasteiger partial charge in [-0.15, -0.1) is 0 Å². The van der Waals surface area contributed by atoms with Gasteiger partial charge in [-0.3, -0.25) is 0 Å². The van der Waals surface area contributed by atoms with Crippen LogP contribution in [0.3, 0.4) is 0 Å². The van der Waals surface area contributed by atoms with Crippen LogP contribution in [0.25, 0.3) is 0 Å². The minimum atomic E-state index is 0.367. The molecule has 0 aliphatic carbocycles. The maximum Gasteiger partial charge on any atom is 0.191 e. The molecule has 2 aromatic rings. The lowest BCUT2D eigenvalue weighted by molar-refractivity contribution is 0.376. The molecule has 6 heteroatoms. The lowest BCUT2D eigenvalue weighted by atomic mass is 10.1. The highest BCUT2D eigenvalue weighted by Gasteiger charge is 2.07. The Bertz CT molecular complexity index is 681. The van der Waals surface area contributed by atoms with E-state index in [2.05, 4.69) is 77.8 Å². The highest BCUT2D eigenvalue weighted by atomic mass is 16.5. The van der Waals surface area contributed by atoms with E-state index in [9.17, 15) is 0 Å². The van der Waals surface area contributed by atoms with Gasteiger partial charge in [0, 0.05) is 38.4 Å². The lowest BCUT2D eigenvalue weighted by Gasteiger charge is -2.19. The molecule has 0 saturated carbocycles. The van der Waals surface area contributed by atoms with Crippen molar-refractivity contribution in [2.75, 3.05) is 31.6 Å². The normalized spacial score (nSPS) is 11.7. The predicted molar refractivity (Wildman–Crippen MR) is 112 cm³/mol. The molecule has 6 nitrogen and oxygen atoms in total. The zero-order valence-electron chi connectivity index (χ0n) is 17.0. The van der Waals surface area contributed by atoms with E-state index in [-0.39, 0.29) is 0 Å². The van der Waals surface area contributed by atoms with Crippen molar-refractivity contribution in [3.05, 3.63) is 47.9 Å². The number of hydrogen-bond acceptors (Lipinski definition) is 4. The van der Waals surface area contributed by atoms with Crippen LogP contribution in [0.4, 0.5) is 5.69 Å². The average Bonchev–Trinajstić information content (AvgIpc) is 3.15. The van der Waals surface area contributed by atoms with E-state index in [1.807, 2.05) is 12.1 Å². The number of guanidine groups is 1. The SMILES string of the molecule is CCNC(=NCc1cc(C(C)C)no1)NCCCCN(C)c1ccccc1. The van der Waals surface area contributed by atoms with Gasteiger partial charge in [-0.2, -0.15) is 0 Å². The second-order valence-electron chi connectivity index (χ2n) is 6.96. The van der Waals surface area contributed by atoms with Crippen LogP contribution in [0.1, 0.15) is 51.0 Å². The van der Waals surface area contributed by atoms with Crippen molar-refractivity contribution in [3.8, 4) is 0 Å². The number of rotatable bonds is 10. The average molecular weight is 372 g/mol. The highest BCUT2D eigenvalue weighted by Crippen LogP contribution is 2.14. The van der Waals surface area contributed by atoms with Crippen molar-refractivity contribution in [1.29, 1.82) is 0 Å². The van der Waals surface area contributed by atoms with Gasteiger partial charge in [0.05, 0.1) is 5.69 Å². The van der Waals surface area contributed by atoms with Crippen LogP contribution in [-0.4, -0.2) is 37.8 Å². The highest BCUT2D eigenvalue weighted by molar-refractivity contribution is 5.79. The minimum Gasteiger partial charge on any atom is -0.375 e. The van der Waals surface area contributed by atoms with Crippen molar-refractivity contribution in [3.63, 3.8) is 0 Å². The lowest BCUT2D eigenvalue weighted by Crippen LogP contribution is -2.37. The number of aliphatic imine (C=N–C) groups is 1. The summed E-state index contributed by atoms with van der Waals surface area (Å²) in [5.74, 6) is 1.98. The molecule has 27 heavy (non-hydrogen) atoms. The Morgan fingerprint density at radius 2 is 1.96 bits per heavy atom. The fourth-order valence-electron chi connectivity index (χ4n) is 2.67. The van der Waals surface area contributed by atoms with Gasteiger partial charge in [-0.05, 0) is 37.8 Å². The molecule has 0 aliphatic rings. The number of para-hydroxylation sites is 1. The summed E-state index contributed by atoms with van der Waals surface area (Å²) in [6, 6.07) is 12.5. The van der Waals surface area contributed by atoms with Gasteiger partial charge in [0.1, 0.15) is 6.54 Å². The largest absolute Gasteiger partial charge is 0.375 e. The Hall–Kier alpha value is -2.50. The molecule has 2 rings (SSSR count). The Morgan fingerprint density at radius 3 is 2.63 bits per heavy atom. The number of benzene rings is 1. The van der Waals surface area contributed by atoms with Crippen molar-refractivity contribution in [2.45, 2.75) is 46.1 Å². The summed E-state index contributed by atoms with van der Waals surface area (Å²) in [5.41, 5.74) is 2.23. The first-order valence-corrected chi connectivity index (χ1v) is 9.84. The monoisotopic (exact) mass is 371 g/mol. The van der Waals surface area contributed by atoms with Crippen LogP contribution < -0.4 is 15.5 Å². The fourth-order valence-corrected chi connectivity index (χ4v) is 2.67. The molecule has 1 aromatic carbocycles. The first-order chi connectivity index (χ1) is 13.1. The van der Waals surface area contributed by atoms with Crippen LogP contribution in [0.15, 0.2) is 45.9 Å². The number of aromatic nitrogens is 1. The smallest absolute Gasteiger partial charge is 0.191 e. The van der Waals surface area contributed by atoms with Gasteiger partial charge in [-0.25, -0.2) is 4.99 Å². The summed E-state index contributed by atoms with van der Waals surface area (Å²) in [5, 5.41) is 10.7. The maximum absolute atomic E-state index is 5.35. The van der Waals surface area contributed by atoms with E-state index in [1.165, 1.54) is 5.69 Å². The molecule has 0 atom stereocenters. The molecule has 1 heterocycles. The van der Waals surface area contributed by atoms with Gasteiger partial charge >= 0.3 is 0 Å². The third-order valence-corrected chi connectivity index (χ3v) is 4.32.